The van der Waals surface area contributed by atoms with E-state index in [4.69, 9.17) is 9.05 Å². The molecule has 1 rings (SSSR count). The molecule has 0 saturated carbocycles. The zero-order valence-corrected chi connectivity index (χ0v) is 7.81. The summed E-state index contributed by atoms with van der Waals surface area (Å²) < 4.78 is 20.6. The van der Waals surface area contributed by atoms with Crippen LogP contribution in [0.3, 0.4) is 0 Å². The molecule has 0 atom stereocenters. The van der Waals surface area contributed by atoms with Gasteiger partial charge in [-0.25, -0.2) is 4.57 Å². The maximum absolute atomic E-state index is 10.9. The van der Waals surface area contributed by atoms with Gasteiger partial charge in [0, 0.05) is 21.4 Å². The van der Waals surface area contributed by atoms with Crippen molar-refractivity contribution < 1.29 is 13.6 Å². The van der Waals surface area contributed by atoms with Crippen LogP contribution in [-0.4, -0.2) is 13.2 Å². The molecule has 1 saturated heterocycles. The highest BCUT2D eigenvalue weighted by Crippen LogP contribution is 2.58. The Morgan fingerprint density at radius 3 is 2.50 bits per heavy atom. The predicted octanol–water partition coefficient (Wildman–Crippen LogP) is 2.34. The third kappa shape index (κ3) is 2.20. The summed E-state index contributed by atoms with van der Waals surface area (Å²) in [6, 6.07) is 0. The van der Waals surface area contributed by atoms with Crippen molar-refractivity contribution in [3.8, 4) is 0 Å². The van der Waals surface area contributed by atoms with Crippen LogP contribution in [0.2, 0.25) is 0 Å². The fraction of sp³-hybridized carbons (Fsp3) is 0.600. The maximum Gasteiger partial charge on any atom is 0.396 e. The molecule has 58 valence electrons. The highest BCUT2D eigenvalue weighted by Gasteiger charge is 2.27. The molecule has 10 heavy (non-hydrogen) atoms. The smallest absolute Gasteiger partial charge is 0.300 e. The van der Waals surface area contributed by atoms with Crippen molar-refractivity contribution in [2.24, 2.45) is 5.92 Å². The second kappa shape index (κ2) is 3.18. The lowest BCUT2D eigenvalue weighted by atomic mass is 10.2. The molecule has 0 aliphatic carbocycles. The van der Waals surface area contributed by atoms with Gasteiger partial charge in [-0.1, -0.05) is 6.08 Å². The van der Waals surface area contributed by atoms with Crippen LogP contribution in [0, 0.1) is 5.92 Å². The summed E-state index contributed by atoms with van der Waals surface area (Å²) in [5, 5.41) is 0. The minimum atomic E-state index is -2.87. The van der Waals surface area contributed by atoms with Crippen molar-refractivity contribution in [2.75, 3.05) is 13.2 Å². The second-order valence-corrected chi connectivity index (χ2v) is 6.00. The Balaban J connectivity index is 2.45. The molecule has 0 unspecified atom stereocenters. The molecular weight excluding hydrogens is 219 g/mol. The summed E-state index contributed by atoms with van der Waals surface area (Å²) in [7, 11) is 0. The lowest BCUT2D eigenvalue weighted by molar-refractivity contribution is 0.126. The van der Waals surface area contributed by atoms with Gasteiger partial charge in [-0.15, -0.1) is 6.58 Å². The van der Waals surface area contributed by atoms with Gasteiger partial charge < -0.3 is 0 Å². The van der Waals surface area contributed by atoms with Crippen molar-refractivity contribution in [1.29, 1.82) is 0 Å². The molecule has 0 aromatic rings. The van der Waals surface area contributed by atoms with Gasteiger partial charge in [0.15, 0.2) is 0 Å². The van der Waals surface area contributed by atoms with E-state index in [1.165, 1.54) is 0 Å². The monoisotopic (exact) mass is 226 g/mol. The highest BCUT2D eigenvalue weighted by molar-refractivity contribution is 9.39. The van der Waals surface area contributed by atoms with Gasteiger partial charge in [-0.05, 0) is 0 Å². The lowest BCUT2D eigenvalue weighted by Crippen LogP contribution is -2.16. The Morgan fingerprint density at radius 2 is 2.10 bits per heavy atom. The standard InChI is InChI=1S/C5H8BrO3P/c1-2-5-3-8-10(6,7)9-4-5/h2,5H,1,3-4H2. The van der Waals surface area contributed by atoms with E-state index >= 15 is 0 Å². The molecule has 0 N–H and O–H groups in total. The number of hydrogen-bond donors (Lipinski definition) is 0. The third-order valence-electron chi connectivity index (χ3n) is 1.22. The van der Waals surface area contributed by atoms with Gasteiger partial charge >= 0.3 is 6.30 Å². The van der Waals surface area contributed by atoms with E-state index < -0.39 is 6.30 Å². The van der Waals surface area contributed by atoms with Crippen molar-refractivity contribution in [3.05, 3.63) is 12.7 Å². The maximum atomic E-state index is 10.9. The first-order valence-corrected chi connectivity index (χ1v) is 6.41. The van der Waals surface area contributed by atoms with Crippen LogP contribution < -0.4 is 0 Å². The molecule has 1 heterocycles. The average molecular weight is 227 g/mol. The molecule has 1 aliphatic heterocycles. The SMILES string of the molecule is C=CC1COP(=O)(Br)OC1. The normalized spacial score (nSPS) is 41.1. The van der Waals surface area contributed by atoms with Gasteiger partial charge in [0.05, 0.1) is 13.2 Å². The number of hydrogen-bond acceptors (Lipinski definition) is 3. The van der Waals surface area contributed by atoms with Crippen LogP contribution in [0.15, 0.2) is 12.7 Å². The van der Waals surface area contributed by atoms with Crippen LogP contribution in [0.25, 0.3) is 0 Å². The quantitative estimate of drug-likeness (QED) is 0.509. The number of rotatable bonds is 1. The molecule has 0 bridgehead atoms. The molecule has 5 heteroatoms. The van der Waals surface area contributed by atoms with Crippen molar-refractivity contribution in [1.82, 2.24) is 0 Å². The van der Waals surface area contributed by atoms with E-state index in [0.29, 0.717) is 13.2 Å². The van der Waals surface area contributed by atoms with Crippen LogP contribution in [0.1, 0.15) is 0 Å². The minimum Gasteiger partial charge on any atom is -0.300 e. The summed E-state index contributed by atoms with van der Waals surface area (Å²) in [5.41, 5.74) is 0. The fourth-order valence-corrected chi connectivity index (χ4v) is 2.11. The summed E-state index contributed by atoms with van der Waals surface area (Å²) in [6.45, 7) is 4.41. The molecule has 1 fully saturated rings. The van der Waals surface area contributed by atoms with Gasteiger partial charge in [0.2, 0.25) is 0 Å². The van der Waals surface area contributed by atoms with E-state index in [1.807, 2.05) is 0 Å². The van der Waals surface area contributed by atoms with E-state index in [1.54, 1.807) is 6.08 Å². The van der Waals surface area contributed by atoms with Gasteiger partial charge in [-0.2, -0.15) is 0 Å². The highest BCUT2D eigenvalue weighted by atomic mass is 79.9. The zero-order chi connectivity index (χ0) is 7.61. The topological polar surface area (TPSA) is 35.5 Å². The molecular formula is C5H8BrO3P. The molecule has 0 aromatic heterocycles. The van der Waals surface area contributed by atoms with Crippen molar-refractivity contribution in [3.63, 3.8) is 0 Å². The molecule has 0 aromatic carbocycles. The Bertz CT molecular complexity index is 170. The first-order valence-electron chi connectivity index (χ1n) is 2.85. The molecule has 1 aliphatic rings. The summed E-state index contributed by atoms with van der Waals surface area (Å²) in [4.78, 5) is 0. The molecule has 0 radical (unpaired) electrons. The molecule has 3 nitrogen and oxygen atoms in total. The van der Waals surface area contributed by atoms with Crippen LogP contribution in [0.5, 0.6) is 0 Å². The molecule has 0 spiro atoms. The van der Waals surface area contributed by atoms with Crippen LogP contribution in [0.4, 0.5) is 0 Å². The van der Waals surface area contributed by atoms with Crippen molar-refractivity contribution >= 4 is 21.8 Å². The van der Waals surface area contributed by atoms with E-state index in [0.717, 1.165) is 0 Å². The van der Waals surface area contributed by atoms with Crippen LogP contribution >= 0.6 is 21.8 Å². The zero-order valence-electron chi connectivity index (χ0n) is 5.33. The van der Waals surface area contributed by atoms with Gasteiger partial charge in [-0.3, -0.25) is 9.05 Å². The Hall–Kier alpha value is 0.370. The predicted molar refractivity (Wildman–Crippen MR) is 42.1 cm³/mol. The Kier molecular flexibility index (Phi) is 2.69. The first-order chi connectivity index (χ1) is 4.64. The molecule has 0 amide bonds. The summed E-state index contributed by atoms with van der Waals surface area (Å²) in [6.07, 6.45) is -1.14. The first kappa shape index (κ1) is 8.47. The van der Waals surface area contributed by atoms with E-state index in [2.05, 4.69) is 22.1 Å². The van der Waals surface area contributed by atoms with E-state index in [9.17, 15) is 4.57 Å². The largest absolute Gasteiger partial charge is 0.396 e. The lowest BCUT2D eigenvalue weighted by Gasteiger charge is -2.22. The van der Waals surface area contributed by atoms with Crippen molar-refractivity contribution in [2.45, 2.75) is 0 Å². The third-order valence-corrected chi connectivity index (χ3v) is 3.36. The van der Waals surface area contributed by atoms with E-state index in [-0.39, 0.29) is 5.92 Å². The number of halogens is 1. The minimum absolute atomic E-state index is 0.166. The second-order valence-electron chi connectivity index (χ2n) is 2.02. The van der Waals surface area contributed by atoms with Gasteiger partial charge in [0.1, 0.15) is 0 Å². The fourth-order valence-electron chi connectivity index (χ4n) is 0.591. The Morgan fingerprint density at radius 1 is 1.60 bits per heavy atom. The summed E-state index contributed by atoms with van der Waals surface area (Å²) >= 11 is 2.83. The summed E-state index contributed by atoms with van der Waals surface area (Å²) in [5.74, 6) is 0.166. The van der Waals surface area contributed by atoms with Gasteiger partial charge in [0.25, 0.3) is 0 Å². The average Bonchev–Trinajstić information content (AvgIpc) is 1.88. The Labute approximate surface area is 67.7 Å². The van der Waals surface area contributed by atoms with Crippen LogP contribution in [-0.2, 0) is 13.6 Å².